The van der Waals surface area contributed by atoms with E-state index in [-0.39, 0.29) is 6.03 Å². The second kappa shape index (κ2) is 9.01. The molecule has 1 heterocycles. The molecule has 6 nitrogen and oxygen atoms in total. The topological polar surface area (TPSA) is 71.8 Å². The number of aromatic nitrogens is 3. The summed E-state index contributed by atoms with van der Waals surface area (Å²) in [6, 6.07) is 22.7. The van der Waals surface area contributed by atoms with Crippen LogP contribution in [0.1, 0.15) is 16.7 Å². The Hall–Kier alpha value is -3.67. The lowest BCUT2D eigenvalue weighted by Gasteiger charge is -2.09. The summed E-state index contributed by atoms with van der Waals surface area (Å²) in [6.45, 7) is 1.77. The number of nitrogens with one attached hydrogen (secondary N) is 2. The van der Waals surface area contributed by atoms with Gasteiger partial charge < -0.3 is 10.6 Å². The molecule has 0 unspecified atom stereocenters. The largest absolute Gasteiger partial charge is 0.338 e. The molecule has 2 amide bonds. The number of carbonyl (C=O) groups is 1. The van der Waals surface area contributed by atoms with Crippen molar-refractivity contribution in [2.45, 2.75) is 19.5 Å². The molecule has 0 saturated heterocycles. The highest BCUT2D eigenvalue weighted by Crippen LogP contribution is 2.15. The molecule has 0 aliphatic heterocycles. The molecule has 146 valence electrons. The molecule has 0 aliphatic carbocycles. The lowest BCUT2D eigenvalue weighted by Crippen LogP contribution is -2.36. The molecule has 6 heteroatoms. The Labute approximate surface area is 169 Å². The first-order chi connectivity index (χ1) is 14.3. The molecule has 0 atom stereocenters. The molecule has 4 aromatic rings. The zero-order valence-electron chi connectivity index (χ0n) is 16.1. The molecule has 0 spiro atoms. The van der Waals surface area contributed by atoms with Crippen LogP contribution in [-0.4, -0.2) is 27.3 Å². The van der Waals surface area contributed by atoms with E-state index in [0.717, 1.165) is 17.5 Å². The summed E-state index contributed by atoms with van der Waals surface area (Å²) in [6.07, 6.45) is 4.02. The van der Waals surface area contributed by atoms with Crippen molar-refractivity contribution in [1.29, 1.82) is 0 Å². The maximum atomic E-state index is 12.1. The van der Waals surface area contributed by atoms with Gasteiger partial charge in [-0.05, 0) is 33.9 Å². The monoisotopic (exact) mass is 385 g/mol. The second-order valence-electron chi connectivity index (χ2n) is 6.95. The number of carbonyl (C=O) groups excluding carboxylic acids is 1. The van der Waals surface area contributed by atoms with Gasteiger partial charge in [0, 0.05) is 13.1 Å². The van der Waals surface area contributed by atoms with Crippen molar-refractivity contribution >= 4 is 16.8 Å². The van der Waals surface area contributed by atoms with Crippen LogP contribution in [0, 0.1) is 0 Å². The van der Waals surface area contributed by atoms with Crippen LogP contribution >= 0.6 is 0 Å². The maximum Gasteiger partial charge on any atom is 0.315 e. The summed E-state index contributed by atoms with van der Waals surface area (Å²) in [5, 5.41) is 12.4. The molecule has 3 aromatic carbocycles. The molecule has 0 radical (unpaired) electrons. The lowest BCUT2D eigenvalue weighted by molar-refractivity contribution is 0.240. The molecule has 0 bridgehead atoms. The van der Waals surface area contributed by atoms with Crippen LogP contribution < -0.4 is 10.6 Å². The quantitative estimate of drug-likeness (QED) is 0.511. The van der Waals surface area contributed by atoms with Gasteiger partial charge in [-0.2, -0.15) is 5.10 Å². The number of hydrogen-bond donors (Lipinski definition) is 2. The Bertz CT molecular complexity index is 1070. The third-order valence-corrected chi connectivity index (χ3v) is 4.80. The van der Waals surface area contributed by atoms with Gasteiger partial charge in [-0.25, -0.2) is 14.5 Å². The molecule has 2 N–H and O–H groups in total. The van der Waals surface area contributed by atoms with Gasteiger partial charge in [-0.1, -0.05) is 66.7 Å². The lowest BCUT2D eigenvalue weighted by atomic mass is 10.1. The Morgan fingerprint density at radius 1 is 0.862 bits per heavy atom. The first-order valence-corrected chi connectivity index (χ1v) is 9.66. The van der Waals surface area contributed by atoms with Crippen molar-refractivity contribution in [2.75, 3.05) is 6.54 Å². The predicted octanol–water partition coefficient (Wildman–Crippen LogP) is 3.52. The fraction of sp³-hybridized carbons (Fsp3) is 0.174. The van der Waals surface area contributed by atoms with E-state index >= 15 is 0 Å². The van der Waals surface area contributed by atoms with Gasteiger partial charge in [0.05, 0.1) is 6.54 Å². The van der Waals surface area contributed by atoms with Crippen LogP contribution in [0.15, 0.2) is 79.4 Å². The normalized spacial score (nSPS) is 10.8. The van der Waals surface area contributed by atoms with Crippen molar-refractivity contribution in [3.05, 3.63) is 96.1 Å². The fourth-order valence-corrected chi connectivity index (χ4v) is 3.22. The minimum Gasteiger partial charge on any atom is -0.338 e. The molecule has 1 aromatic heterocycles. The van der Waals surface area contributed by atoms with Crippen LogP contribution in [0.25, 0.3) is 10.8 Å². The van der Waals surface area contributed by atoms with Crippen LogP contribution in [0.3, 0.4) is 0 Å². The summed E-state index contributed by atoms with van der Waals surface area (Å²) in [5.41, 5.74) is 3.41. The molecule has 29 heavy (non-hydrogen) atoms. The standard InChI is InChI=1S/C23H23N5O/c29-23(25-12-11-18-9-10-21-3-1-2-4-22(21)13-18)26-14-19-5-7-20(8-6-19)15-28-17-24-16-27-28/h1-10,13,16-17H,11-12,14-15H2,(H2,25,26,29). The van der Waals surface area contributed by atoms with E-state index in [9.17, 15) is 4.79 Å². The smallest absolute Gasteiger partial charge is 0.315 e. The first-order valence-electron chi connectivity index (χ1n) is 9.66. The average Bonchev–Trinajstić information content (AvgIpc) is 3.26. The number of hydrogen-bond acceptors (Lipinski definition) is 3. The van der Waals surface area contributed by atoms with Crippen molar-refractivity contribution in [3.63, 3.8) is 0 Å². The summed E-state index contributed by atoms with van der Waals surface area (Å²) < 4.78 is 1.77. The van der Waals surface area contributed by atoms with Crippen molar-refractivity contribution in [3.8, 4) is 0 Å². The van der Waals surface area contributed by atoms with Crippen molar-refractivity contribution in [1.82, 2.24) is 25.4 Å². The number of fused-ring (bicyclic) bond motifs is 1. The van der Waals surface area contributed by atoms with Gasteiger partial charge in [0.25, 0.3) is 0 Å². The number of rotatable bonds is 7. The summed E-state index contributed by atoms with van der Waals surface area (Å²) >= 11 is 0. The van der Waals surface area contributed by atoms with Gasteiger partial charge in [0.2, 0.25) is 0 Å². The van der Waals surface area contributed by atoms with Gasteiger partial charge >= 0.3 is 6.03 Å². The Morgan fingerprint density at radius 3 is 2.41 bits per heavy atom. The SMILES string of the molecule is O=C(NCCc1ccc2ccccc2c1)NCc1ccc(Cn2cncn2)cc1. The zero-order chi connectivity index (χ0) is 19.9. The zero-order valence-corrected chi connectivity index (χ0v) is 16.1. The van der Waals surface area contributed by atoms with Gasteiger partial charge in [-0.15, -0.1) is 0 Å². The van der Waals surface area contributed by atoms with Gasteiger partial charge in [-0.3, -0.25) is 0 Å². The van der Waals surface area contributed by atoms with Crippen LogP contribution in [0.5, 0.6) is 0 Å². The third kappa shape index (κ3) is 5.19. The number of amides is 2. The van der Waals surface area contributed by atoms with E-state index in [2.05, 4.69) is 51.0 Å². The number of benzene rings is 3. The highest BCUT2D eigenvalue weighted by molar-refractivity contribution is 5.83. The predicted molar refractivity (Wildman–Crippen MR) is 113 cm³/mol. The van der Waals surface area contributed by atoms with Crippen molar-refractivity contribution in [2.24, 2.45) is 0 Å². The minimum absolute atomic E-state index is 0.155. The fourth-order valence-electron chi connectivity index (χ4n) is 3.22. The third-order valence-electron chi connectivity index (χ3n) is 4.80. The molecular formula is C23H23N5O. The summed E-state index contributed by atoms with van der Waals surface area (Å²) in [7, 11) is 0. The highest BCUT2D eigenvalue weighted by atomic mass is 16.2. The van der Waals surface area contributed by atoms with Gasteiger partial charge in [0.15, 0.2) is 0 Å². The summed E-state index contributed by atoms with van der Waals surface area (Å²) in [5.74, 6) is 0. The van der Waals surface area contributed by atoms with Crippen LogP contribution in [-0.2, 0) is 19.5 Å². The Kier molecular flexibility index (Phi) is 5.81. The summed E-state index contributed by atoms with van der Waals surface area (Å²) in [4.78, 5) is 16.0. The highest BCUT2D eigenvalue weighted by Gasteiger charge is 2.02. The second-order valence-corrected chi connectivity index (χ2v) is 6.95. The number of urea groups is 1. The molecule has 0 saturated carbocycles. The maximum absolute atomic E-state index is 12.1. The van der Waals surface area contributed by atoms with Crippen LogP contribution in [0.4, 0.5) is 4.79 Å². The molecule has 0 fully saturated rings. The van der Waals surface area contributed by atoms with E-state index in [4.69, 9.17) is 0 Å². The molecule has 4 rings (SSSR count). The van der Waals surface area contributed by atoms with E-state index in [1.165, 1.54) is 22.7 Å². The van der Waals surface area contributed by atoms with Crippen LogP contribution in [0.2, 0.25) is 0 Å². The van der Waals surface area contributed by atoms with E-state index in [1.54, 1.807) is 11.0 Å². The minimum atomic E-state index is -0.155. The van der Waals surface area contributed by atoms with E-state index in [1.807, 2.05) is 36.4 Å². The number of nitrogens with zero attached hydrogens (tertiary/aromatic N) is 3. The van der Waals surface area contributed by atoms with E-state index in [0.29, 0.717) is 19.6 Å². The Balaban J connectivity index is 1.20. The van der Waals surface area contributed by atoms with Gasteiger partial charge in [0.1, 0.15) is 12.7 Å². The molecule has 0 aliphatic rings. The van der Waals surface area contributed by atoms with Crippen molar-refractivity contribution < 1.29 is 4.79 Å². The first kappa shape index (κ1) is 18.7. The molecular weight excluding hydrogens is 362 g/mol. The van der Waals surface area contributed by atoms with E-state index < -0.39 is 0 Å². The average molecular weight is 385 g/mol. The Morgan fingerprint density at radius 2 is 1.62 bits per heavy atom.